The lowest BCUT2D eigenvalue weighted by Crippen LogP contribution is -2.36. The highest BCUT2D eigenvalue weighted by Gasteiger charge is 2.17. The van der Waals surface area contributed by atoms with E-state index >= 15 is 0 Å². The molecule has 1 aromatic rings. The summed E-state index contributed by atoms with van der Waals surface area (Å²) >= 11 is 3.08. The maximum atomic E-state index is 13.0. The van der Waals surface area contributed by atoms with Crippen molar-refractivity contribution in [3.63, 3.8) is 0 Å². The lowest BCUT2D eigenvalue weighted by molar-refractivity contribution is -0.120. The number of halogens is 2. The van der Waals surface area contributed by atoms with Gasteiger partial charge in [-0.1, -0.05) is 19.9 Å². The summed E-state index contributed by atoms with van der Waals surface area (Å²) in [6, 6.07) is 4.10. The highest BCUT2D eigenvalue weighted by molar-refractivity contribution is 9.10. The van der Waals surface area contributed by atoms with E-state index in [0.717, 1.165) is 5.56 Å². The summed E-state index contributed by atoms with van der Waals surface area (Å²) in [5.41, 5.74) is 6.51. The van der Waals surface area contributed by atoms with Crippen molar-refractivity contribution in [2.24, 2.45) is 11.7 Å². The Morgan fingerprint density at radius 1 is 1.50 bits per heavy atom. The predicted molar refractivity (Wildman–Crippen MR) is 65.6 cm³/mol. The van der Waals surface area contributed by atoms with Gasteiger partial charge in [0.2, 0.25) is 0 Å². The number of rotatable bonds is 4. The second kappa shape index (κ2) is 5.55. The predicted octanol–water partition coefficient (Wildman–Crippen LogP) is 2.68. The SMILES string of the molecule is CC(C)C(N)C(=O)Cc1ccc(F)c(Br)c1. The highest BCUT2D eigenvalue weighted by Crippen LogP contribution is 2.17. The van der Waals surface area contributed by atoms with Crippen LogP contribution in [0.2, 0.25) is 0 Å². The largest absolute Gasteiger partial charge is 0.321 e. The number of benzene rings is 1. The fourth-order valence-electron chi connectivity index (χ4n) is 1.34. The highest BCUT2D eigenvalue weighted by atomic mass is 79.9. The first-order valence-corrected chi connectivity index (χ1v) is 5.93. The zero-order chi connectivity index (χ0) is 12.3. The molecule has 0 aliphatic heterocycles. The molecule has 1 aromatic carbocycles. The van der Waals surface area contributed by atoms with Gasteiger partial charge in [-0.2, -0.15) is 0 Å². The summed E-state index contributed by atoms with van der Waals surface area (Å²) in [5.74, 6) is -0.228. The molecule has 1 atom stereocenters. The van der Waals surface area contributed by atoms with Crippen LogP contribution in [0, 0.1) is 11.7 Å². The second-order valence-corrected chi connectivity index (χ2v) is 5.02. The summed E-state index contributed by atoms with van der Waals surface area (Å²) in [6.07, 6.45) is 0.248. The Balaban J connectivity index is 2.74. The van der Waals surface area contributed by atoms with Crippen molar-refractivity contribution in [1.29, 1.82) is 0 Å². The lowest BCUT2D eigenvalue weighted by atomic mass is 9.96. The Labute approximate surface area is 103 Å². The smallest absolute Gasteiger partial charge is 0.154 e. The fraction of sp³-hybridized carbons (Fsp3) is 0.417. The minimum absolute atomic E-state index is 0.0199. The maximum Gasteiger partial charge on any atom is 0.154 e. The third-order valence-corrected chi connectivity index (χ3v) is 3.06. The molecule has 2 nitrogen and oxygen atoms in total. The minimum atomic E-state index is -0.455. The van der Waals surface area contributed by atoms with Crippen molar-refractivity contribution in [1.82, 2.24) is 0 Å². The molecule has 4 heteroatoms. The van der Waals surface area contributed by atoms with E-state index in [-0.39, 0.29) is 23.9 Å². The third-order valence-electron chi connectivity index (χ3n) is 2.45. The molecule has 0 saturated carbocycles. The molecule has 0 aliphatic carbocycles. The molecule has 0 heterocycles. The molecule has 0 aromatic heterocycles. The van der Waals surface area contributed by atoms with E-state index < -0.39 is 6.04 Å². The molecule has 0 aliphatic rings. The van der Waals surface area contributed by atoms with Crippen molar-refractivity contribution in [2.75, 3.05) is 0 Å². The Kier molecular flexibility index (Phi) is 4.62. The lowest BCUT2D eigenvalue weighted by Gasteiger charge is -2.14. The van der Waals surface area contributed by atoms with Crippen LogP contribution in [-0.2, 0) is 11.2 Å². The number of hydrogen-bond acceptors (Lipinski definition) is 2. The van der Waals surface area contributed by atoms with Gasteiger partial charge in [-0.15, -0.1) is 0 Å². The van der Waals surface area contributed by atoms with E-state index in [1.165, 1.54) is 6.07 Å². The van der Waals surface area contributed by atoms with Gasteiger partial charge in [0.25, 0.3) is 0 Å². The van der Waals surface area contributed by atoms with Crippen molar-refractivity contribution in [3.8, 4) is 0 Å². The van der Waals surface area contributed by atoms with Crippen molar-refractivity contribution in [2.45, 2.75) is 26.3 Å². The van der Waals surface area contributed by atoms with Crippen molar-refractivity contribution in [3.05, 3.63) is 34.1 Å². The van der Waals surface area contributed by atoms with Crippen LogP contribution in [-0.4, -0.2) is 11.8 Å². The van der Waals surface area contributed by atoms with E-state index in [1.807, 2.05) is 13.8 Å². The number of hydrogen-bond donors (Lipinski definition) is 1. The van der Waals surface area contributed by atoms with Crippen LogP contribution in [0.15, 0.2) is 22.7 Å². The van der Waals surface area contributed by atoms with Gasteiger partial charge in [0.15, 0.2) is 5.78 Å². The third kappa shape index (κ3) is 3.39. The van der Waals surface area contributed by atoms with Gasteiger partial charge in [-0.25, -0.2) is 4.39 Å². The molecule has 88 valence electrons. The van der Waals surface area contributed by atoms with Crippen LogP contribution >= 0.6 is 15.9 Å². The normalized spacial score (nSPS) is 12.9. The van der Waals surface area contributed by atoms with E-state index in [9.17, 15) is 9.18 Å². The Morgan fingerprint density at radius 2 is 2.12 bits per heavy atom. The Morgan fingerprint density at radius 3 is 2.62 bits per heavy atom. The van der Waals surface area contributed by atoms with Gasteiger partial charge < -0.3 is 5.73 Å². The van der Waals surface area contributed by atoms with Crippen molar-refractivity contribution >= 4 is 21.7 Å². The monoisotopic (exact) mass is 287 g/mol. The number of carbonyl (C=O) groups excluding carboxylic acids is 1. The van der Waals surface area contributed by atoms with E-state index in [4.69, 9.17) is 5.73 Å². The second-order valence-electron chi connectivity index (χ2n) is 4.16. The van der Waals surface area contributed by atoms with E-state index in [0.29, 0.717) is 4.47 Å². The molecule has 0 radical (unpaired) electrons. The summed E-state index contributed by atoms with van der Waals surface area (Å²) in [7, 11) is 0. The Bertz CT molecular complexity index is 393. The van der Waals surface area contributed by atoms with E-state index in [1.54, 1.807) is 12.1 Å². The minimum Gasteiger partial charge on any atom is -0.321 e. The first-order chi connectivity index (χ1) is 7.41. The summed E-state index contributed by atoms with van der Waals surface area (Å²) in [6.45, 7) is 3.81. The van der Waals surface area contributed by atoms with Gasteiger partial charge >= 0.3 is 0 Å². The van der Waals surface area contributed by atoms with Crippen LogP contribution in [0.4, 0.5) is 4.39 Å². The molecule has 0 amide bonds. The van der Waals surface area contributed by atoms with Crippen molar-refractivity contribution < 1.29 is 9.18 Å². The van der Waals surface area contributed by atoms with Crippen LogP contribution in [0.25, 0.3) is 0 Å². The number of Topliss-reactive ketones (excluding diaryl/α,β-unsaturated/α-hetero) is 1. The van der Waals surface area contributed by atoms with E-state index in [2.05, 4.69) is 15.9 Å². The molecular formula is C12H15BrFNO. The molecule has 0 spiro atoms. The average Bonchev–Trinajstić information content (AvgIpc) is 2.22. The molecule has 0 fully saturated rings. The molecule has 0 saturated heterocycles. The standard InChI is InChI=1S/C12H15BrFNO/c1-7(2)12(15)11(16)6-8-3-4-10(14)9(13)5-8/h3-5,7,12H,6,15H2,1-2H3. The van der Waals surface area contributed by atoms with Gasteiger partial charge in [-0.05, 0) is 39.5 Å². The quantitative estimate of drug-likeness (QED) is 0.925. The fourth-order valence-corrected chi connectivity index (χ4v) is 1.77. The summed E-state index contributed by atoms with van der Waals surface area (Å²) < 4.78 is 13.3. The van der Waals surface area contributed by atoms with Crippen LogP contribution in [0.3, 0.4) is 0 Å². The van der Waals surface area contributed by atoms with Crippen LogP contribution in [0.1, 0.15) is 19.4 Å². The molecule has 1 unspecified atom stereocenters. The summed E-state index contributed by atoms with van der Waals surface area (Å²) in [5, 5.41) is 0. The first kappa shape index (κ1) is 13.3. The van der Waals surface area contributed by atoms with Crippen LogP contribution in [0.5, 0.6) is 0 Å². The van der Waals surface area contributed by atoms with Crippen LogP contribution < -0.4 is 5.73 Å². The maximum absolute atomic E-state index is 13.0. The summed E-state index contributed by atoms with van der Waals surface area (Å²) in [4.78, 5) is 11.7. The van der Waals surface area contributed by atoms with Gasteiger partial charge in [0.05, 0.1) is 10.5 Å². The number of nitrogens with two attached hydrogens (primary N) is 1. The topological polar surface area (TPSA) is 43.1 Å². The number of ketones is 1. The zero-order valence-electron chi connectivity index (χ0n) is 9.34. The molecule has 2 N–H and O–H groups in total. The Hall–Kier alpha value is -0.740. The molecular weight excluding hydrogens is 273 g/mol. The van der Waals surface area contributed by atoms with Gasteiger partial charge in [0, 0.05) is 6.42 Å². The first-order valence-electron chi connectivity index (χ1n) is 5.14. The molecule has 0 bridgehead atoms. The molecule has 16 heavy (non-hydrogen) atoms. The van der Waals surface area contributed by atoms with Gasteiger partial charge in [-0.3, -0.25) is 4.79 Å². The number of carbonyl (C=O) groups is 1. The molecule has 1 rings (SSSR count). The zero-order valence-corrected chi connectivity index (χ0v) is 10.9. The van der Waals surface area contributed by atoms with Gasteiger partial charge in [0.1, 0.15) is 5.82 Å². The average molecular weight is 288 g/mol.